The first-order valence-electron chi connectivity index (χ1n) is 9.61. The number of aromatic nitrogens is 1. The van der Waals surface area contributed by atoms with Crippen LogP contribution in [0.5, 0.6) is 0 Å². The number of hydrogen-bond acceptors (Lipinski definition) is 4. The van der Waals surface area contributed by atoms with E-state index in [4.69, 9.17) is 14.6 Å². The number of hydrogen-bond donors (Lipinski definition) is 1. The number of carbonyl (C=O) groups excluding carboxylic acids is 1. The second-order valence-corrected chi connectivity index (χ2v) is 7.98. The molecule has 4 rings (SSSR count). The van der Waals surface area contributed by atoms with Gasteiger partial charge in [0.1, 0.15) is 23.4 Å². The van der Waals surface area contributed by atoms with Gasteiger partial charge in [0.05, 0.1) is 17.5 Å². The average molecular weight is 465 g/mol. The quantitative estimate of drug-likeness (QED) is 0.389. The van der Waals surface area contributed by atoms with Crippen LogP contribution in [0.3, 0.4) is 0 Å². The standard InChI is InChI=1S/C24H21BrN2O3/c1-15-14-27(11-12-29-24(28)17-7-4-3-5-8-17)23(26)19-13-21(30-22(15)19)18-9-6-10-20(25)16(18)2/h3-10,13-14,26H,11-12H2,1-2H3. The van der Waals surface area contributed by atoms with Gasteiger partial charge in [-0.3, -0.25) is 5.41 Å². The summed E-state index contributed by atoms with van der Waals surface area (Å²) in [5.74, 6) is 0.366. The van der Waals surface area contributed by atoms with Gasteiger partial charge in [0, 0.05) is 21.8 Å². The number of rotatable bonds is 5. The molecule has 6 heteroatoms. The van der Waals surface area contributed by atoms with Crippen LogP contribution in [0.4, 0.5) is 0 Å². The molecule has 0 fully saturated rings. The van der Waals surface area contributed by atoms with Gasteiger partial charge >= 0.3 is 5.97 Å². The first-order valence-corrected chi connectivity index (χ1v) is 10.4. The lowest BCUT2D eigenvalue weighted by molar-refractivity contribution is 0.0490. The fourth-order valence-corrected chi connectivity index (χ4v) is 3.82. The number of pyridine rings is 1. The van der Waals surface area contributed by atoms with Gasteiger partial charge in [-0.15, -0.1) is 0 Å². The maximum absolute atomic E-state index is 12.1. The number of carbonyl (C=O) groups is 1. The van der Waals surface area contributed by atoms with E-state index >= 15 is 0 Å². The Kier molecular flexibility index (Phi) is 5.59. The Bertz CT molecular complexity index is 1290. The van der Waals surface area contributed by atoms with E-state index in [0.717, 1.165) is 32.3 Å². The fourth-order valence-electron chi connectivity index (χ4n) is 3.45. The summed E-state index contributed by atoms with van der Waals surface area (Å²) in [7, 11) is 0. The smallest absolute Gasteiger partial charge is 0.338 e. The summed E-state index contributed by atoms with van der Waals surface area (Å²) in [4.78, 5) is 12.1. The molecule has 0 bridgehead atoms. The van der Waals surface area contributed by atoms with Crippen LogP contribution in [0.25, 0.3) is 22.3 Å². The summed E-state index contributed by atoms with van der Waals surface area (Å²) in [5, 5.41) is 9.35. The fraction of sp³-hybridized carbons (Fsp3) is 0.167. The largest absolute Gasteiger partial charge is 0.460 e. The van der Waals surface area contributed by atoms with Crippen molar-refractivity contribution in [2.75, 3.05) is 6.61 Å². The van der Waals surface area contributed by atoms with Crippen molar-refractivity contribution in [2.24, 2.45) is 0 Å². The number of aryl methyl sites for hydroxylation is 1. The molecule has 0 saturated heterocycles. The van der Waals surface area contributed by atoms with Crippen LogP contribution in [0, 0.1) is 19.3 Å². The van der Waals surface area contributed by atoms with E-state index in [1.807, 2.05) is 50.4 Å². The number of nitrogens with one attached hydrogen (secondary N) is 1. The monoisotopic (exact) mass is 464 g/mol. The van der Waals surface area contributed by atoms with E-state index in [0.29, 0.717) is 23.2 Å². The highest BCUT2D eigenvalue weighted by atomic mass is 79.9. The Morgan fingerprint density at radius 2 is 1.90 bits per heavy atom. The van der Waals surface area contributed by atoms with Crippen molar-refractivity contribution in [3.05, 3.63) is 87.4 Å². The van der Waals surface area contributed by atoms with E-state index in [9.17, 15) is 4.79 Å². The van der Waals surface area contributed by atoms with E-state index < -0.39 is 0 Å². The summed E-state index contributed by atoms with van der Waals surface area (Å²) < 4.78 is 14.3. The highest BCUT2D eigenvalue weighted by Gasteiger charge is 2.15. The number of nitrogens with zero attached hydrogens (tertiary/aromatic N) is 1. The van der Waals surface area contributed by atoms with Gasteiger partial charge in [-0.1, -0.05) is 46.3 Å². The SMILES string of the molecule is Cc1c(Br)cccc1-c1cc2c(=N)n(CCOC(=O)c3ccccc3)cc(C)c2o1. The molecular weight excluding hydrogens is 444 g/mol. The zero-order valence-electron chi connectivity index (χ0n) is 16.7. The molecule has 0 saturated carbocycles. The minimum Gasteiger partial charge on any atom is -0.460 e. The molecule has 152 valence electrons. The van der Waals surface area contributed by atoms with Gasteiger partial charge in [0.15, 0.2) is 0 Å². The average Bonchev–Trinajstić information content (AvgIpc) is 3.20. The third-order valence-electron chi connectivity index (χ3n) is 5.09. The van der Waals surface area contributed by atoms with Crippen molar-refractivity contribution in [3.63, 3.8) is 0 Å². The molecule has 2 aromatic carbocycles. The van der Waals surface area contributed by atoms with Gasteiger partial charge in [-0.2, -0.15) is 0 Å². The van der Waals surface area contributed by atoms with Crippen LogP contribution in [0.1, 0.15) is 21.5 Å². The molecular formula is C24H21BrN2O3. The number of benzene rings is 2. The highest BCUT2D eigenvalue weighted by Crippen LogP contribution is 2.32. The lowest BCUT2D eigenvalue weighted by Crippen LogP contribution is -2.23. The van der Waals surface area contributed by atoms with E-state index in [-0.39, 0.29) is 12.6 Å². The Hall–Kier alpha value is -3.12. The molecule has 0 radical (unpaired) electrons. The molecule has 0 atom stereocenters. The second kappa shape index (κ2) is 8.32. The number of furan rings is 1. The lowest BCUT2D eigenvalue weighted by Gasteiger charge is -2.10. The molecule has 1 N–H and O–H groups in total. The molecule has 30 heavy (non-hydrogen) atoms. The minimum atomic E-state index is -0.365. The summed E-state index contributed by atoms with van der Waals surface area (Å²) >= 11 is 3.56. The summed E-state index contributed by atoms with van der Waals surface area (Å²) in [6, 6.07) is 16.8. The number of halogens is 1. The summed E-state index contributed by atoms with van der Waals surface area (Å²) in [5.41, 5.74) is 4.54. The molecule has 2 heterocycles. The first-order chi connectivity index (χ1) is 14.5. The molecule has 0 spiro atoms. The van der Waals surface area contributed by atoms with E-state index in [1.54, 1.807) is 28.8 Å². The van der Waals surface area contributed by atoms with Crippen LogP contribution < -0.4 is 5.49 Å². The predicted octanol–water partition coefficient (Wildman–Crippen LogP) is 5.62. The third-order valence-corrected chi connectivity index (χ3v) is 5.95. The molecule has 0 amide bonds. The van der Waals surface area contributed by atoms with Crippen LogP contribution in [0.15, 0.2) is 69.7 Å². The Balaban J connectivity index is 1.60. The van der Waals surface area contributed by atoms with Crippen LogP contribution in [0.2, 0.25) is 0 Å². The molecule has 4 aromatic rings. The zero-order valence-corrected chi connectivity index (χ0v) is 18.3. The first kappa shape index (κ1) is 20.2. The molecule has 0 aliphatic heterocycles. The van der Waals surface area contributed by atoms with Crippen molar-refractivity contribution < 1.29 is 13.9 Å². The molecule has 0 aliphatic rings. The normalized spacial score (nSPS) is 11.0. The second-order valence-electron chi connectivity index (χ2n) is 7.12. The number of esters is 1. The maximum Gasteiger partial charge on any atom is 0.338 e. The van der Waals surface area contributed by atoms with E-state index in [1.165, 1.54) is 0 Å². The zero-order chi connectivity index (χ0) is 21.3. The number of ether oxygens (including phenoxy) is 1. The van der Waals surface area contributed by atoms with Crippen LogP contribution in [-0.4, -0.2) is 17.1 Å². The van der Waals surface area contributed by atoms with Crippen LogP contribution in [-0.2, 0) is 11.3 Å². The van der Waals surface area contributed by atoms with Crippen molar-refractivity contribution in [2.45, 2.75) is 20.4 Å². The van der Waals surface area contributed by atoms with Crippen molar-refractivity contribution in [1.29, 1.82) is 5.41 Å². The Labute approximate surface area is 182 Å². The summed E-state index contributed by atoms with van der Waals surface area (Å²) in [6.45, 7) is 4.56. The molecule has 2 aromatic heterocycles. The molecule has 0 aliphatic carbocycles. The van der Waals surface area contributed by atoms with Crippen molar-refractivity contribution in [3.8, 4) is 11.3 Å². The van der Waals surface area contributed by atoms with E-state index in [2.05, 4.69) is 15.9 Å². The van der Waals surface area contributed by atoms with Crippen molar-refractivity contribution in [1.82, 2.24) is 4.57 Å². The van der Waals surface area contributed by atoms with Crippen LogP contribution >= 0.6 is 15.9 Å². The molecule has 0 unspecified atom stereocenters. The van der Waals surface area contributed by atoms with Crippen molar-refractivity contribution >= 4 is 32.9 Å². The third kappa shape index (κ3) is 3.83. The van der Waals surface area contributed by atoms with Gasteiger partial charge in [0.25, 0.3) is 0 Å². The Morgan fingerprint density at radius 3 is 2.67 bits per heavy atom. The van der Waals surface area contributed by atoms with Gasteiger partial charge in [0.2, 0.25) is 0 Å². The maximum atomic E-state index is 12.1. The minimum absolute atomic E-state index is 0.185. The lowest BCUT2D eigenvalue weighted by atomic mass is 10.1. The predicted molar refractivity (Wildman–Crippen MR) is 119 cm³/mol. The number of fused-ring (bicyclic) bond motifs is 1. The topological polar surface area (TPSA) is 68.2 Å². The molecule has 5 nitrogen and oxygen atoms in total. The Morgan fingerprint density at radius 1 is 1.13 bits per heavy atom. The van der Waals surface area contributed by atoms with Gasteiger partial charge in [-0.25, -0.2) is 4.79 Å². The van der Waals surface area contributed by atoms with Gasteiger partial charge in [-0.05, 0) is 43.7 Å². The van der Waals surface area contributed by atoms with Gasteiger partial charge < -0.3 is 13.7 Å². The summed E-state index contributed by atoms with van der Waals surface area (Å²) in [6.07, 6.45) is 1.86. The highest BCUT2D eigenvalue weighted by molar-refractivity contribution is 9.10.